The summed E-state index contributed by atoms with van der Waals surface area (Å²) in [5, 5.41) is 9.65. The van der Waals surface area contributed by atoms with Crippen LogP contribution in [0.1, 0.15) is 245 Å². The Morgan fingerprint density at radius 1 is 0.517 bits per heavy atom. The summed E-state index contributed by atoms with van der Waals surface area (Å²) in [6, 6.07) is 0. The van der Waals surface area contributed by atoms with E-state index < -0.39 is 0 Å². The number of nitrogens with two attached hydrogens (primary N) is 1. The van der Waals surface area contributed by atoms with Crippen LogP contribution in [-0.2, 0) is 9.59 Å². The first-order chi connectivity index (χ1) is 29.6. The van der Waals surface area contributed by atoms with Crippen molar-refractivity contribution in [1.29, 1.82) is 0 Å². The molecular weight excluding hydrogens is 743 g/mol. The molecule has 0 aliphatic carbocycles. The number of aliphatic imine (C=N–C) groups is 1. The minimum atomic E-state index is -0.0957. The van der Waals surface area contributed by atoms with Gasteiger partial charge in [0.2, 0.25) is 11.8 Å². The molecule has 9 nitrogen and oxygen atoms in total. The van der Waals surface area contributed by atoms with Crippen LogP contribution in [0.15, 0.2) is 4.99 Å². The van der Waals surface area contributed by atoms with Crippen molar-refractivity contribution in [3.63, 3.8) is 0 Å². The molecule has 1 aliphatic heterocycles. The minimum Gasteiger partial charge on any atom is -0.370 e. The molecule has 0 aromatic carbocycles. The molecule has 0 unspecified atom stereocenters. The van der Waals surface area contributed by atoms with E-state index >= 15 is 0 Å². The number of carbonyl (C=O) groups excluding carboxylic acids is 2. The van der Waals surface area contributed by atoms with Crippen LogP contribution in [0.4, 0.5) is 0 Å². The fraction of sp³-hybridized carbons (Fsp3) is 0.941. The molecule has 0 bridgehead atoms. The summed E-state index contributed by atoms with van der Waals surface area (Å²) < 4.78 is 0. The third-order valence-corrected chi connectivity index (χ3v) is 12.6. The molecule has 60 heavy (non-hydrogen) atoms. The maximum atomic E-state index is 13.3. The Morgan fingerprint density at radius 3 is 1.35 bits per heavy atom. The van der Waals surface area contributed by atoms with Gasteiger partial charge in [-0.15, -0.1) is 0 Å². The molecule has 0 saturated heterocycles. The van der Waals surface area contributed by atoms with Gasteiger partial charge in [0.25, 0.3) is 0 Å². The van der Waals surface area contributed by atoms with Gasteiger partial charge in [-0.05, 0) is 58.2 Å². The van der Waals surface area contributed by atoms with E-state index in [-0.39, 0.29) is 24.9 Å². The zero-order valence-electron chi connectivity index (χ0n) is 40.3. The minimum absolute atomic E-state index is 0.0738. The number of hydrogen-bond donors (Lipinski definition) is 4. The lowest BCUT2D eigenvalue weighted by atomic mass is 10.0. The molecule has 1 heterocycles. The van der Waals surface area contributed by atoms with Gasteiger partial charge in [0.15, 0.2) is 5.96 Å². The second kappa shape index (κ2) is 45.2. The highest BCUT2D eigenvalue weighted by molar-refractivity contribution is 5.85. The molecule has 0 aromatic heterocycles. The quantitative estimate of drug-likeness (QED) is 0.0454. The lowest BCUT2D eigenvalue weighted by Crippen LogP contribution is -2.43. The summed E-state index contributed by atoms with van der Waals surface area (Å²) >= 11 is 0. The zero-order chi connectivity index (χ0) is 43.2. The maximum absolute atomic E-state index is 13.3. The van der Waals surface area contributed by atoms with Crippen LogP contribution in [0.3, 0.4) is 0 Å². The van der Waals surface area contributed by atoms with Crippen LogP contribution in [0.25, 0.3) is 0 Å². The van der Waals surface area contributed by atoms with Crippen molar-refractivity contribution in [2.45, 2.75) is 245 Å². The van der Waals surface area contributed by atoms with Crippen molar-refractivity contribution in [2.24, 2.45) is 10.7 Å². The van der Waals surface area contributed by atoms with Gasteiger partial charge in [-0.25, -0.2) is 0 Å². The van der Waals surface area contributed by atoms with Gasteiger partial charge in [-0.2, -0.15) is 0 Å². The van der Waals surface area contributed by atoms with Gasteiger partial charge < -0.3 is 31.5 Å². The molecule has 2 amide bonds. The summed E-state index contributed by atoms with van der Waals surface area (Å²) in [6.07, 6.45) is 47.6. The number of rotatable bonds is 47. The average Bonchev–Trinajstić information content (AvgIpc) is 3.25. The summed E-state index contributed by atoms with van der Waals surface area (Å²) in [7, 11) is 0. The van der Waals surface area contributed by atoms with Crippen molar-refractivity contribution in [2.75, 3.05) is 65.4 Å². The van der Waals surface area contributed by atoms with E-state index in [4.69, 9.17) is 5.73 Å². The first-order valence-electron chi connectivity index (χ1n) is 26.6. The van der Waals surface area contributed by atoms with Gasteiger partial charge in [-0.3, -0.25) is 14.6 Å². The standard InChI is InChI=1S/C51H103N7O2/c1-3-5-7-9-11-13-15-17-19-21-23-25-27-29-31-34-43-57(44-35-32-30-28-26-24-22-20-18-16-14-12-10-8-6-4-2)50(60)48-56-49(59)47-54-41-37-40-53-39-33-36-45-58-46-38-42-55-51(58)52/h53-54H,3-48H2,1-2H3,(H2,52,55)(H,56,59). The normalized spacial score (nSPS) is 12.9. The van der Waals surface area contributed by atoms with E-state index in [1.807, 2.05) is 4.90 Å². The van der Waals surface area contributed by atoms with Gasteiger partial charge in [0.05, 0.1) is 13.1 Å². The van der Waals surface area contributed by atoms with E-state index in [9.17, 15) is 9.59 Å². The van der Waals surface area contributed by atoms with Crippen LogP contribution >= 0.6 is 0 Å². The fourth-order valence-electron chi connectivity index (χ4n) is 8.53. The second-order valence-corrected chi connectivity index (χ2v) is 18.3. The molecule has 0 aromatic rings. The highest BCUT2D eigenvalue weighted by atomic mass is 16.2. The third kappa shape index (κ3) is 37.9. The SMILES string of the molecule is CCCCCCCCCCCCCCCCCCN(CCCCCCCCCCCCCCCCCC)C(=O)CNC(=O)CNCCCNCCCCN1CCCN=C1N. The maximum Gasteiger partial charge on any atom is 0.241 e. The van der Waals surface area contributed by atoms with E-state index in [0.717, 1.165) is 90.9 Å². The van der Waals surface area contributed by atoms with Crippen LogP contribution in [0.2, 0.25) is 0 Å². The Morgan fingerprint density at radius 2 is 0.917 bits per heavy atom. The molecule has 354 valence electrons. The predicted octanol–water partition coefficient (Wildman–Crippen LogP) is 11.8. The second-order valence-electron chi connectivity index (χ2n) is 18.3. The fourth-order valence-corrected chi connectivity index (χ4v) is 8.53. The van der Waals surface area contributed by atoms with Crippen LogP contribution in [0, 0.1) is 0 Å². The highest BCUT2D eigenvalue weighted by Gasteiger charge is 2.15. The average molecular weight is 846 g/mol. The molecule has 0 radical (unpaired) electrons. The Labute approximate surface area is 373 Å². The molecule has 5 N–H and O–H groups in total. The predicted molar refractivity (Wildman–Crippen MR) is 261 cm³/mol. The summed E-state index contributed by atoms with van der Waals surface area (Å²) in [5.41, 5.74) is 5.98. The molecule has 0 spiro atoms. The first-order valence-corrected chi connectivity index (χ1v) is 26.6. The number of nitrogens with one attached hydrogen (secondary N) is 3. The number of nitrogens with zero attached hydrogens (tertiary/aromatic N) is 3. The number of hydrogen-bond acceptors (Lipinski definition) is 7. The van der Waals surface area contributed by atoms with E-state index in [1.54, 1.807) is 0 Å². The van der Waals surface area contributed by atoms with Crippen molar-refractivity contribution >= 4 is 17.8 Å². The Balaban J connectivity index is 2.19. The molecule has 0 atom stereocenters. The summed E-state index contributed by atoms with van der Waals surface area (Å²) in [4.78, 5) is 34.5. The smallest absolute Gasteiger partial charge is 0.241 e. The van der Waals surface area contributed by atoms with Crippen molar-refractivity contribution < 1.29 is 9.59 Å². The number of guanidine groups is 1. The van der Waals surface area contributed by atoms with Crippen molar-refractivity contribution in [1.82, 2.24) is 25.8 Å². The van der Waals surface area contributed by atoms with Gasteiger partial charge in [-0.1, -0.05) is 206 Å². The van der Waals surface area contributed by atoms with Gasteiger partial charge in [0.1, 0.15) is 0 Å². The molecule has 0 fully saturated rings. The Bertz CT molecular complexity index is 928. The van der Waals surface area contributed by atoms with Crippen LogP contribution in [0.5, 0.6) is 0 Å². The zero-order valence-corrected chi connectivity index (χ0v) is 40.3. The Kier molecular flexibility index (Phi) is 42.3. The largest absolute Gasteiger partial charge is 0.370 e. The third-order valence-electron chi connectivity index (χ3n) is 12.6. The van der Waals surface area contributed by atoms with E-state index in [2.05, 4.69) is 39.7 Å². The molecule has 0 saturated carbocycles. The first kappa shape index (κ1) is 56.1. The number of carbonyl (C=O) groups is 2. The van der Waals surface area contributed by atoms with Crippen LogP contribution in [-0.4, -0.2) is 93.0 Å². The van der Waals surface area contributed by atoms with Crippen molar-refractivity contribution in [3.05, 3.63) is 0 Å². The van der Waals surface area contributed by atoms with E-state index in [1.165, 1.54) is 193 Å². The number of amides is 2. The van der Waals surface area contributed by atoms with Gasteiger partial charge >= 0.3 is 0 Å². The summed E-state index contributed by atoms with van der Waals surface area (Å²) in [6.45, 7) is 12.1. The highest BCUT2D eigenvalue weighted by Crippen LogP contribution is 2.16. The van der Waals surface area contributed by atoms with Crippen molar-refractivity contribution in [3.8, 4) is 0 Å². The van der Waals surface area contributed by atoms with E-state index in [0.29, 0.717) is 5.96 Å². The molecular formula is C51H103N7O2. The monoisotopic (exact) mass is 846 g/mol. The summed E-state index contributed by atoms with van der Waals surface area (Å²) in [5.74, 6) is 0.675. The Hall–Kier alpha value is -1.87. The van der Waals surface area contributed by atoms with Crippen LogP contribution < -0.4 is 21.7 Å². The topological polar surface area (TPSA) is 115 Å². The van der Waals surface area contributed by atoms with Gasteiger partial charge in [0, 0.05) is 32.7 Å². The lowest BCUT2D eigenvalue weighted by molar-refractivity contribution is -0.132. The number of unbranched alkanes of at least 4 members (excludes halogenated alkanes) is 31. The molecule has 1 rings (SSSR count). The molecule has 1 aliphatic rings. The molecule has 9 heteroatoms. The lowest BCUT2D eigenvalue weighted by Gasteiger charge is -2.26.